The SMILES string of the molecule is CC1CN(C)C(C)CN1C.CC1CN(C)CC(C)N1C.CC1CN(C)CCN1C.CN1CC2CC(C1)N2C.CN1CCCN(C)CC1.CN1CCN(C)CC1. The van der Waals surface area contributed by atoms with Crippen molar-refractivity contribution in [3.63, 3.8) is 0 Å². The highest BCUT2D eigenvalue weighted by atomic mass is 15.3. The van der Waals surface area contributed by atoms with E-state index in [1.807, 2.05) is 0 Å². The number of nitrogens with zero attached hydrogens (tertiary/aromatic N) is 12. The Balaban J connectivity index is 0.000000228. The molecule has 0 radical (unpaired) electrons. The topological polar surface area (TPSA) is 38.9 Å². The van der Waals surface area contributed by atoms with E-state index in [-0.39, 0.29) is 0 Å². The molecule has 0 spiro atoms. The van der Waals surface area contributed by atoms with Crippen molar-refractivity contribution in [2.45, 2.75) is 89.8 Å². The molecule has 328 valence electrons. The molecule has 8 aliphatic rings. The highest BCUT2D eigenvalue weighted by molar-refractivity contribution is 4.98. The van der Waals surface area contributed by atoms with Gasteiger partial charge in [0.2, 0.25) is 0 Å². The fourth-order valence-corrected chi connectivity index (χ4v) is 8.46. The summed E-state index contributed by atoms with van der Waals surface area (Å²) in [6, 6.07) is 5.39. The largest absolute Gasteiger partial charge is 0.305 e. The lowest BCUT2D eigenvalue weighted by atomic mass is 9.89. The predicted octanol–water partition coefficient (Wildman–Crippen LogP) is 1.66. The molecule has 0 saturated carbocycles. The van der Waals surface area contributed by atoms with Crippen molar-refractivity contribution in [1.82, 2.24) is 58.8 Å². The second-order valence-corrected chi connectivity index (χ2v) is 19.3. The zero-order chi connectivity index (χ0) is 41.4. The molecule has 7 unspecified atom stereocenters. The van der Waals surface area contributed by atoms with Gasteiger partial charge in [-0.05, 0) is 145 Å². The van der Waals surface area contributed by atoms with Crippen LogP contribution in [0.4, 0.5) is 0 Å². The third-order valence-corrected chi connectivity index (χ3v) is 13.7. The highest BCUT2D eigenvalue weighted by Gasteiger charge is 2.40. The average Bonchev–Trinajstić information content (AvgIpc) is 3.32. The Kier molecular flexibility index (Phi) is 23.8. The smallest absolute Gasteiger partial charge is 0.0238 e. The van der Waals surface area contributed by atoms with Gasteiger partial charge in [-0.3, -0.25) is 9.80 Å². The molecule has 0 aromatic rings. The second kappa shape index (κ2) is 25.9. The van der Waals surface area contributed by atoms with Crippen LogP contribution in [0.2, 0.25) is 0 Å². The van der Waals surface area contributed by atoms with E-state index in [2.05, 4.69) is 178 Å². The summed E-state index contributed by atoms with van der Waals surface area (Å²) in [4.78, 5) is 28.9. The third kappa shape index (κ3) is 19.4. The van der Waals surface area contributed by atoms with E-state index < -0.39 is 0 Å². The number of fused-ring (bicyclic) bond motifs is 2. The fourth-order valence-electron chi connectivity index (χ4n) is 8.46. The lowest BCUT2D eigenvalue weighted by Crippen LogP contribution is -2.66. The van der Waals surface area contributed by atoms with Crippen LogP contribution in [0.1, 0.15) is 47.5 Å². The lowest BCUT2D eigenvalue weighted by Gasteiger charge is -2.54. The molecule has 0 aromatic heterocycles. The quantitative estimate of drug-likeness (QED) is 0.360. The minimum absolute atomic E-state index is 0.716. The Bertz CT molecular complexity index is 900. The molecular weight excluding hydrogens is 685 g/mol. The number of piperazine rings is 5. The first-order valence-corrected chi connectivity index (χ1v) is 22.1. The maximum absolute atomic E-state index is 2.50. The Morgan fingerprint density at radius 2 is 0.600 bits per heavy atom. The molecule has 0 aliphatic carbocycles. The summed E-state index contributed by atoms with van der Waals surface area (Å²) in [5.74, 6) is 0. The van der Waals surface area contributed by atoms with Gasteiger partial charge in [0.05, 0.1) is 0 Å². The minimum Gasteiger partial charge on any atom is -0.305 e. The maximum Gasteiger partial charge on any atom is 0.0238 e. The maximum atomic E-state index is 2.50. The van der Waals surface area contributed by atoms with Gasteiger partial charge in [-0.25, -0.2) is 0 Å². The van der Waals surface area contributed by atoms with Crippen molar-refractivity contribution < 1.29 is 0 Å². The van der Waals surface area contributed by atoms with Crippen molar-refractivity contribution in [2.75, 3.05) is 196 Å². The van der Waals surface area contributed by atoms with Crippen LogP contribution in [0.25, 0.3) is 0 Å². The minimum atomic E-state index is 0.716. The second-order valence-electron chi connectivity index (χ2n) is 19.3. The van der Waals surface area contributed by atoms with Gasteiger partial charge >= 0.3 is 0 Å². The zero-order valence-corrected chi connectivity index (χ0v) is 39.8. The van der Waals surface area contributed by atoms with Gasteiger partial charge in [0.15, 0.2) is 0 Å². The van der Waals surface area contributed by atoms with Crippen LogP contribution >= 0.6 is 0 Å². The van der Waals surface area contributed by atoms with Crippen molar-refractivity contribution in [3.8, 4) is 0 Å². The number of hydrogen-bond donors (Lipinski definition) is 0. The molecule has 8 heterocycles. The zero-order valence-electron chi connectivity index (χ0n) is 39.8. The molecule has 55 heavy (non-hydrogen) atoms. The van der Waals surface area contributed by atoms with Gasteiger partial charge in [0, 0.05) is 140 Å². The van der Waals surface area contributed by atoms with E-state index in [0.29, 0.717) is 12.1 Å². The van der Waals surface area contributed by atoms with E-state index in [0.717, 1.165) is 30.2 Å². The fraction of sp³-hybridized carbons (Fsp3) is 1.00. The van der Waals surface area contributed by atoms with E-state index in [1.54, 1.807) is 0 Å². The monoisotopic (exact) mass is 781 g/mol. The average molecular weight is 781 g/mol. The number of likely N-dealkylation sites (N-methyl/N-ethyl adjacent to an activating group) is 12. The molecular formula is C43H96N12. The molecule has 7 atom stereocenters. The molecule has 8 fully saturated rings. The van der Waals surface area contributed by atoms with Gasteiger partial charge in [-0.1, -0.05) is 0 Å². The van der Waals surface area contributed by atoms with Gasteiger partial charge in [-0.15, -0.1) is 0 Å². The molecule has 0 N–H and O–H groups in total. The summed E-state index contributed by atoms with van der Waals surface area (Å²) in [6.07, 6.45) is 2.77. The molecule has 2 bridgehead atoms. The summed E-state index contributed by atoms with van der Waals surface area (Å²) in [7, 11) is 26.4. The number of rotatable bonds is 0. The molecule has 0 aromatic carbocycles. The lowest BCUT2D eigenvalue weighted by molar-refractivity contribution is -0.0408. The summed E-state index contributed by atoms with van der Waals surface area (Å²) in [5.41, 5.74) is 0. The molecule has 8 saturated heterocycles. The Labute approximate surface area is 343 Å². The van der Waals surface area contributed by atoms with Crippen LogP contribution in [0.5, 0.6) is 0 Å². The molecule has 12 heteroatoms. The number of piperidine rings is 1. The normalized spacial score (nSPS) is 34.7. The van der Waals surface area contributed by atoms with Gasteiger partial charge in [-0.2, -0.15) is 0 Å². The molecule has 12 nitrogen and oxygen atoms in total. The summed E-state index contributed by atoms with van der Waals surface area (Å²) >= 11 is 0. The molecule has 0 amide bonds. The first-order chi connectivity index (χ1) is 25.8. The van der Waals surface area contributed by atoms with Crippen molar-refractivity contribution in [2.24, 2.45) is 0 Å². The van der Waals surface area contributed by atoms with Crippen molar-refractivity contribution >= 4 is 0 Å². The third-order valence-electron chi connectivity index (χ3n) is 13.7. The van der Waals surface area contributed by atoms with E-state index in [1.165, 1.54) is 124 Å². The van der Waals surface area contributed by atoms with E-state index in [4.69, 9.17) is 0 Å². The molecule has 8 rings (SSSR count). The van der Waals surface area contributed by atoms with Gasteiger partial charge in [0.25, 0.3) is 0 Å². The number of hydrogen-bond acceptors (Lipinski definition) is 12. The van der Waals surface area contributed by atoms with Crippen molar-refractivity contribution in [3.05, 3.63) is 0 Å². The van der Waals surface area contributed by atoms with Gasteiger partial charge in [0.1, 0.15) is 0 Å². The highest BCUT2D eigenvalue weighted by Crippen LogP contribution is 2.29. The summed E-state index contributed by atoms with van der Waals surface area (Å²) in [5, 5.41) is 0. The standard InChI is InChI=1S/2C8H18N2.C7H14N2.2C7H16N2.C6H14N2/c1-7-5-10(4)8(2)6-9(7)3;1-7-5-9(3)6-8(2)10(7)4;1-8-4-6-3-7(5-8)9(6)2;1-7-6-8(2)4-5-9(7)3;1-8-4-3-5-9(2)7-6-8;1-7-3-5-8(2)6-4-7/h2*7-8H,5-6H2,1-4H3;6-7H,3-5H2,1-2H3;7H,4-6H2,1-3H3;3-7H2,1-2H3;3-6H2,1-2H3. The summed E-state index contributed by atoms with van der Waals surface area (Å²) in [6.45, 7) is 32.4. The predicted molar refractivity (Wildman–Crippen MR) is 240 cm³/mol. The van der Waals surface area contributed by atoms with Crippen LogP contribution in [-0.4, -0.2) is 297 Å². The molecule has 8 aliphatic heterocycles. The van der Waals surface area contributed by atoms with Crippen LogP contribution in [0, 0.1) is 0 Å². The van der Waals surface area contributed by atoms with E-state index >= 15 is 0 Å². The van der Waals surface area contributed by atoms with Crippen LogP contribution in [-0.2, 0) is 0 Å². The summed E-state index contributed by atoms with van der Waals surface area (Å²) < 4.78 is 0. The first-order valence-electron chi connectivity index (χ1n) is 22.1. The van der Waals surface area contributed by atoms with Crippen LogP contribution in [0.3, 0.4) is 0 Å². The Morgan fingerprint density at radius 3 is 0.945 bits per heavy atom. The van der Waals surface area contributed by atoms with Gasteiger partial charge < -0.3 is 49.0 Å². The van der Waals surface area contributed by atoms with E-state index in [9.17, 15) is 0 Å². The Morgan fingerprint density at radius 1 is 0.273 bits per heavy atom. The Hall–Kier alpha value is -0.480. The van der Waals surface area contributed by atoms with Crippen LogP contribution in [0.15, 0.2) is 0 Å². The van der Waals surface area contributed by atoms with Crippen LogP contribution < -0.4 is 0 Å². The first kappa shape index (κ1) is 50.7. The van der Waals surface area contributed by atoms with Crippen molar-refractivity contribution in [1.29, 1.82) is 0 Å².